The third-order valence-electron chi connectivity index (χ3n) is 3.05. The van der Waals surface area contributed by atoms with E-state index in [9.17, 15) is 0 Å². The Hall–Kier alpha value is -2.28. The zero-order chi connectivity index (χ0) is 14.7. The van der Waals surface area contributed by atoms with Gasteiger partial charge < -0.3 is 15.5 Å². The molecule has 0 aliphatic carbocycles. The third kappa shape index (κ3) is 3.00. The first-order valence-corrected chi connectivity index (χ1v) is 6.59. The molecule has 104 valence electrons. The van der Waals surface area contributed by atoms with Crippen LogP contribution in [0.2, 0.25) is 0 Å². The molecule has 7 nitrogen and oxygen atoms in total. The number of aryl methyl sites for hydroxylation is 1. The molecule has 3 heterocycles. The molecule has 1 aliphatic heterocycles. The van der Waals surface area contributed by atoms with E-state index in [0.717, 1.165) is 37.6 Å². The highest BCUT2D eigenvalue weighted by Crippen LogP contribution is 2.14. The molecule has 0 aromatic carbocycles. The lowest BCUT2D eigenvalue weighted by molar-refractivity contribution is 0.583. The van der Waals surface area contributed by atoms with Gasteiger partial charge in [-0.15, -0.1) is 10.2 Å². The lowest BCUT2D eigenvalue weighted by Crippen LogP contribution is -2.43. The summed E-state index contributed by atoms with van der Waals surface area (Å²) in [6, 6.07) is 3.77. The molecule has 0 spiro atoms. The van der Waals surface area contributed by atoms with Crippen LogP contribution in [-0.4, -0.2) is 46.3 Å². The Morgan fingerprint density at radius 3 is 2.80 bits per heavy atom. The van der Waals surface area contributed by atoms with Crippen LogP contribution in [-0.2, 0) is 0 Å². The number of aromatic nitrogens is 4. The average molecular weight is 272 g/mol. The summed E-state index contributed by atoms with van der Waals surface area (Å²) in [7, 11) is 0. The zero-order valence-electron chi connectivity index (χ0n) is 12.3. The van der Waals surface area contributed by atoms with E-state index in [2.05, 4.69) is 35.7 Å². The van der Waals surface area contributed by atoms with Gasteiger partial charge in [-0.3, -0.25) is 0 Å². The van der Waals surface area contributed by atoms with Gasteiger partial charge in [0.25, 0.3) is 0 Å². The van der Waals surface area contributed by atoms with Gasteiger partial charge in [0.1, 0.15) is 0 Å². The normalized spacial score (nSPS) is 15.8. The number of anilines is 3. The van der Waals surface area contributed by atoms with Crippen LogP contribution in [0.1, 0.15) is 6.93 Å². The summed E-state index contributed by atoms with van der Waals surface area (Å²) in [5.74, 6) is 1.79. The van der Waals surface area contributed by atoms with Crippen LogP contribution >= 0.6 is 0 Å². The zero-order valence-corrected chi connectivity index (χ0v) is 11.3. The minimum Gasteiger partial charge on any atom is -0.353 e. The highest BCUT2D eigenvalue weighted by Gasteiger charge is 2.11. The van der Waals surface area contributed by atoms with Crippen LogP contribution < -0.4 is 15.5 Å². The average Bonchev–Trinajstić information content (AvgIpc) is 2.53. The number of rotatable bonds is 3. The first kappa shape index (κ1) is 11.5. The van der Waals surface area contributed by atoms with Crippen molar-refractivity contribution in [2.75, 3.05) is 36.4 Å². The van der Waals surface area contributed by atoms with E-state index < -0.39 is 0 Å². The fraction of sp³-hybridized carbons (Fsp3) is 0.385. The maximum absolute atomic E-state index is 7.65. The summed E-state index contributed by atoms with van der Waals surface area (Å²) < 4.78 is 7.65. The van der Waals surface area contributed by atoms with Crippen molar-refractivity contribution in [2.45, 2.75) is 6.92 Å². The monoisotopic (exact) mass is 272 g/mol. The standard InChI is InChI=1S/C13H17N7/c1-10-8-15-13(16-9-10)17-11-2-3-12(19-18-11)20-6-4-14-5-7-20/h2-3,8-9,14H,4-7H2,1H3,(H,15,16,17,18)/i8D. The Morgan fingerprint density at radius 1 is 1.25 bits per heavy atom. The Kier molecular flexibility index (Phi) is 3.34. The molecule has 1 aliphatic rings. The maximum Gasteiger partial charge on any atom is 0.228 e. The lowest BCUT2D eigenvalue weighted by atomic mass is 10.3. The van der Waals surface area contributed by atoms with Crippen molar-refractivity contribution in [1.82, 2.24) is 25.5 Å². The van der Waals surface area contributed by atoms with Gasteiger partial charge in [0.05, 0.1) is 1.37 Å². The van der Waals surface area contributed by atoms with Crippen molar-refractivity contribution >= 4 is 17.6 Å². The predicted molar refractivity (Wildman–Crippen MR) is 77.2 cm³/mol. The predicted octanol–water partition coefficient (Wildman–Crippen LogP) is 0.728. The molecule has 0 atom stereocenters. The van der Waals surface area contributed by atoms with Crippen LogP contribution in [0, 0.1) is 6.92 Å². The van der Waals surface area contributed by atoms with E-state index in [1.165, 1.54) is 0 Å². The summed E-state index contributed by atoms with van der Waals surface area (Å²) in [5.41, 5.74) is 0.737. The topological polar surface area (TPSA) is 78.9 Å². The summed E-state index contributed by atoms with van der Waals surface area (Å²) >= 11 is 0. The van der Waals surface area contributed by atoms with Crippen LogP contribution in [0.25, 0.3) is 0 Å². The molecule has 1 fully saturated rings. The Labute approximate surface area is 118 Å². The van der Waals surface area contributed by atoms with Crippen LogP contribution in [0.3, 0.4) is 0 Å². The maximum atomic E-state index is 7.65. The van der Waals surface area contributed by atoms with Crippen molar-refractivity contribution in [2.24, 2.45) is 0 Å². The molecule has 0 saturated carbocycles. The molecule has 7 heteroatoms. The van der Waals surface area contributed by atoms with Gasteiger partial charge in [-0.2, -0.15) is 0 Å². The molecular weight excluding hydrogens is 254 g/mol. The first-order valence-electron chi connectivity index (χ1n) is 7.09. The summed E-state index contributed by atoms with van der Waals surface area (Å²) in [6.07, 6.45) is 1.82. The van der Waals surface area contributed by atoms with Crippen LogP contribution in [0.4, 0.5) is 17.6 Å². The van der Waals surface area contributed by atoms with Gasteiger partial charge in [0.15, 0.2) is 11.6 Å². The second-order valence-electron chi connectivity index (χ2n) is 4.63. The number of piperazine rings is 1. The first-order chi connectivity index (χ1) is 10.2. The van der Waals surface area contributed by atoms with Gasteiger partial charge >= 0.3 is 0 Å². The molecule has 3 rings (SSSR count). The second-order valence-corrected chi connectivity index (χ2v) is 4.63. The van der Waals surface area contributed by atoms with Crippen molar-refractivity contribution < 1.29 is 1.37 Å². The quantitative estimate of drug-likeness (QED) is 0.852. The van der Waals surface area contributed by atoms with E-state index in [1.807, 2.05) is 12.1 Å². The third-order valence-corrected chi connectivity index (χ3v) is 3.05. The number of nitrogens with zero attached hydrogens (tertiary/aromatic N) is 5. The van der Waals surface area contributed by atoms with Crippen molar-refractivity contribution in [3.8, 4) is 0 Å². The van der Waals surface area contributed by atoms with Gasteiger partial charge in [0.2, 0.25) is 5.95 Å². The van der Waals surface area contributed by atoms with E-state index in [0.29, 0.717) is 11.8 Å². The van der Waals surface area contributed by atoms with Crippen LogP contribution in [0.15, 0.2) is 24.5 Å². The van der Waals surface area contributed by atoms with E-state index in [-0.39, 0.29) is 6.17 Å². The van der Waals surface area contributed by atoms with E-state index >= 15 is 0 Å². The summed E-state index contributed by atoms with van der Waals surface area (Å²) in [5, 5.41) is 14.6. The summed E-state index contributed by atoms with van der Waals surface area (Å²) in [4.78, 5) is 10.3. The molecule has 0 bridgehead atoms. The van der Waals surface area contributed by atoms with E-state index in [1.54, 1.807) is 13.1 Å². The van der Waals surface area contributed by atoms with Gasteiger partial charge in [-0.05, 0) is 24.6 Å². The molecular formula is C13H17N7. The highest BCUT2D eigenvalue weighted by atomic mass is 15.3. The Bertz CT molecular complexity index is 610. The minimum atomic E-state index is 0.206. The van der Waals surface area contributed by atoms with Crippen molar-refractivity contribution in [3.05, 3.63) is 30.1 Å². The van der Waals surface area contributed by atoms with Gasteiger partial charge in [-0.1, -0.05) is 0 Å². The van der Waals surface area contributed by atoms with Gasteiger partial charge in [-0.25, -0.2) is 9.97 Å². The molecule has 2 aromatic heterocycles. The lowest BCUT2D eigenvalue weighted by Gasteiger charge is -2.27. The number of hydrogen-bond donors (Lipinski definition) is 2. The molecule has 20 heavy (non-hydrogen) atoms. The largest absolute Gasteiger partial charge is 0.353 e. The molecule has 2 aromatic rings. The SMILES string of the molecule is [2H]c1nc(Nc2ccc(N3CCNCC3)nn2)ncc1C. The van der Waals surface area contributed by atoms with Crippen molar-refractivity contribution in [3.63, 3.8) is 0 Å². The molecule has 1 saturated heterocycles. The van der Waals surface area contributed by atoms with Gasteiger partial charge in [0, 0.05) is 38.5 Å². The smallest absolute Gasteiger partial charge is 0.228 e. The number of hydrogen-bond acceptors (Lipinski definition) is 7. The Morgan fingerprint density at radius 2 is 2.10 bits per heavy atom. The molecule has 0 amide bonds. The fourth-order valence-electron chi connectivity index (χ4n) is 1.99. The summed E-state index contributed by atoms with van der Waals surface area (Å²) in [6.45, 7) is 5.60. The minimum absolute atomic E-state index is 0.206. The molecule has 0 unspecified atom stereocenters. The highest BCUT2D eigenvalue weighted by molar-refractivity contribution is 5.50. The molecule has 0 radical (unpaired) electrons. The number of nitrogens with one attached hydrogen (secondary N) is 2. The second kappa shape index (κ2) is 5.79. The fourth-order valence-corrected chi connectivity index (χ4v) is 1.99. The van der Waals surface area contributed by atoms with Crippen molar-refractivity contribution in [1.29, 1.82) is 0 Å². The molecule has 2 N–H and O–H groups in total. The van der Waals surface area contributed by atoms with Crippen LogP contribution in [0.5, 0.6) is 0 Å². The Balaban J connectivity index is 1.70. The van der Waals surface area contributed by atoms with E-state index in [4.69, 9.17) is 1.37 Å².